The van der Waals surface area contributed by atoms with Crippen LogP contribution >= 0.6 is 27.5 Å². The summed E-state index contributed by atoms with van der Waals surface area (Å²) in [4.78, 5) is 12.0. The minimum Gasteiger partial charge on any atom is -0.399 e. The fraction of sp³-hybridized carbons (Fsp3) is 0. The van der Waals surface area contributed by atoms with Gasteiger partial charge in [0.05, 0.1) is 5.56 Å². The molecule has 0 heterocycles. The Morgan fingerprint density at radius 1 is 1.22 bits per heavy atom. The topological polar surface area (TPSA) is 55.1 Å². The first-order valence-corrected chi connectivity index (χ1v) is 6.35. The molecule has 0 saturated heterocycles. The molecular weight excluding hydrogens is 316 g/mol. The van der Waals surface area contributed by atoms with Crippen molar-refractivity contribution in [1.82, 2.24) is 0 Å². The van der Waals surface area contributed by atoms with Crippen LogP contribution < -0.4 is 11.1 Å². The number of hydrogen-bond acceptors (Lipinski definition) is 2. The average Bonchev–Trinajstić information content (AvgIpc) is 2.28. The molecule has 0 aromatic heterocycles. The maximum atomic E-state index is 12.0. The van der Waals surface area contributed by atoms with E-state index in [1.807, 2.05) is 0 Å². The lowest BCUT2D eigenvalue weighted by molar-refractivity contribution is 0.102. The van der Waals surface area contributed by atoms with Crippen LogP contribution in [0.4, 0.5) is 11.4 Å². The summed E-state index contributed by atoms with van der Waals surface area (Å²) < 4.78 is 0.649. The van der Waals surface area contributed by atoms with Gasteiger partial charge in [-0.1, -0.05) is 17.7 Å². The van der Waals surface area contributed by atoms with Gasteiger partial charge in [0.25, 0.3) is 5.91 Å². The Balaban J connectivity index is 2.22. The largest absolute Gasteiger partial charge is 0.399 e. The van der Waals surface area contributed by atoms with Crippen molar-refractivity contribution in [2.45, 2.75) is 0 Å². The van der Waals surface area contributed by atoms with Crippen molar-refractivity contribution in [3.63, 3.8) is 0 Å². The number of hydrogen-bond donors (Lipinski definition) is 2. The minimum absolute atomic E-state index is 0.218. The molecule has 0 aliphatic rings. The van der Waals surface area contributed by atoms with Gasteiger partial charge in [-0.05, 0) is 52.3 Å². The summed E-state index contributed by atoms with van der Waals surface area (Å²) >= 11 is 9.13. The highest BCUT2D eigenvalue weighted by Crippen LogP contribution is 2.23. The molecule has 0 aliphatic carbocycles. The van der Waals surface area contributed by atoms with Gasteiger partial charge in [0, 0.05) is 20.9 Å². The van der Waals surface area contributed by atoms with Gasteiger partial charge in [-0.25, -0.2) is 0 Å². The summed E-state index contributed by atoms with van der Waals surface area (Å²) in [7, 11) is 0. The van der Waals surface area contributed by atoms with E-state index >= 15 is 0 Å². The molecule has 1 amide bonds. The molecule has 0 bridgehead atoms. The van der Waals surface area contributed by atoms with E-state index in [0.717, 1.165) is 0 Å². The normalized spacial score (nSPS) is 10.1. The highest BCUT2D eigenvalue weighted by molar-refractivity contribution is 9.10. The van der Waals surface area contributed by atoms with E-state index in [2.05, 4.69) is 21.2 Å². The zero-order valence-corrected chi connectivity index (χ0v) is 11.6. The van der Waals surface area contributed by atoms with Crippen molar-refractivity contribution in [1.29, 1.82) is 0 Å². The molecule has 0 unspecified atom stereocenters. The standard InChI is InChI=1S/C13H10BrClN2O/c14-12-6-8(15)4-5-11(12)13(18)17-10-3-1-2-9(16)7-10/h1-7H,16H2,(H,17,18). The van der Waals surface area contributed by atoms with Crippen LogP contribution in [0.2, 0.25) is 5.02 Å². The van der Waals surface area contributed by atoms with Crippen LogP contribution in [0.25, 0.3) is 0 Å². The number of amides is 1. The maximum absolute atomic E-state index is 12.0. The van der Waals surface area contributed by atoms with Crippen molar-refractivity contribution in [3.05, 3.63) is 57.5 Å². The van der Waals surface area contributed by atoms with E-state index < -0.39 is 0 Å². The Morgan fingerprint density at radius 3 is 2.67 bits per heavy atom. The third-order valence-electron chi connectivity index (χ3n) is 2.32. The lowest BCUT2D eigenvalue weighted by Gasteiger charge is -2.07. The van der Waals surface area contributed by atoms with E-state index in [-0.39, 0.29) is 5.91 Å². The first kappa shape index (κ1) is 12.9. The molecule has 3 N–H and O–H groups in total. The van der Waals surface area contributed by atoms with E-state index in [0.29, 0.717) is 26.4 Å². The fourth-order valence-corrected chi connectivity index (χ4v) is 2.35. The van der Waals surface area contributed by atoms with Crippen LogP contribution in [0.5, 0.6) is 0 Å². The molecule has 2 aromatic carbocycles. The average molecular weight is 326 g/mol. The smallest absolute Gasteiger partial charge is 0.256 e. The zero-order valence-electron chi connectivity index (χ0n) is 9.28. The number of carbonyl (C=O) groups is 1. The molecule has 0 fully saturated rings. The Bertz CT molecular complexity index is 601. The van der Waals surface area contributed by atoms with Crippen molar-refractivity contribution in [3.8, 4) is 0 Å². The van der Waals surface area contributed by atoms with Gasteiger partial charge in [-0.3, -0.25) is 4.79 Å². The second kappa shape index (κ2) is 5.42. The monoisotopic (exact) mass is 324 g/mol. The predicted molar refractivity (Wildman–Crippen MR) is 78.0 cm³/mol. The van der Waals surface area contributed by atoms with Gasteiger partial charge in [-0.2, -0.15) is 0 Å². The number of rotatable bonds is 2. The first-order valence-electron chi connectivity index (χ1n) is 5.18. The van der Waals surface area contributed by atoms with Crippen LogP contribution in [0.15, 0.2) is 46.9 Å². The quantitative estimate of drug-likeness (QED) is 0.822. The first-order chi connectivity index (χ1) is 8.56. The number of nitrogen functional groups attached to an aromatic ring is 1. The van der Waals surface area contributed by atoms with Gasteiger partial charge in [0.1, 0.15) is 0 Å². The van der Waals surface area contributed by atoms with Crippen LogP contribution in [0.3, 0.4) is 0 Å². The second-order valence-corrected chi connectivity index (χ2v) is 4.99. The molecule has 0 saturated carbocycles. The van der Waals surface area contributed by atoms with Gasteiger partial charge in [0.2, 0.25) is 0 Å². The van der Waals surface area contributed by atoms with Gasteiger partial charge in [0.15, 0.2) is 0 Å². The molecule has 3 nitrogen and oxygen atoms in total. The van der Waals surface area contributed by atoms with Gasteiger partial charge >= 0.3 is 0 Å². The number of nitrogens with two attached hydrogens (primary N) is 1. The molecule has 0 radical (unpaired) electrons. The number of benzene rings is 2. The number of halogens is 2. The highest BCUT2D eigenvalue weighted by Gasteiger charge is 2.10. The summed E-state index contributed by atoms with van der Waals surface area (Å²) in [6, 6.07) is 12.0. The predicted octanol–water partition coefficient (Wildman–Crippen LogP) is 3.94. The zero-order chi connectivity index (χ0) is 13.1. The third-order valence-corrected chi connectivity index (χ3v) is 3.21. The Kier molecular flexibility index (Phi) is 3.89. The minimum atomic E-state index is -0.218. The van der Waals surface area contributed by atoms with Crippen LogP contribution in [0.1, 0.15) is 10.4 Å². The van der Waals surface area contributed by atoms with Gasteiger partial charge in [-0.15, -0.1) is 0 Å². The Labute approximate surface area is 118 Å². The fourth-order valence-electron chi connectivity index (χ4n) is 1.49. The Morgan fingerprint density at radius 2 is 2.00 bits per heavy atom. The summed E-state index contributed by atoms with van der Waals surface area (Å²) in [5.74, 6) is -0.218. The van der Waals surface area contributed by atoms with E-state index in [1.165, 1.54) is 0 Å². The summed E-state index contributed by atoms with van der Waals surface area (Å²) in [5, 5.41) is 3.34. The molecule has 2 aromatic rings. The van der Waals surface area contributed by atoms with Crippen LogP contribution in [-0.2, 0) is 0 Å². The summed E-state index contributed by atoms with van der Waals surface area (Å²) in [5.41, 5.74) is 7.41. The van der Waals surface area contributed by atoms with Gasteiger partial charge < -0.3 is 11.1 Å². The van der Waals surface area contributed by atoms with E-state index in [9.17, 15) is 4.79 Å². The molecule has 2 rings (SSSR count). The SMILES string of the molecule is Nc1cccc(NC(=O)c2ccc(Cl)cc2Br)c1. The molecule has 0 aliphatic heterocycles. The van der Waals surface area contributed by atoms with Crippen molar-refractivity contribution in [2.75, 3.05) is 11.1 Å². The molecular formula is C13H10BrClN2O. The third kappa shape index (κ3) is 3.03. The lowest BCUT2D eigenvalue weighted by Crippen LogP contribution is -2.12. The molecule has 0 atom stereocenters. The van der Waals surface area contributed by atoms with Crippen molar-refractivity contribution < 1.29 is 4.79 Å². The lowest BCUT2D eigenvalue weighted by atomic mass is 10.2. The number of nitrogens with one attached hydrogen (secondary N) is 1. The summed E-state index contributed by atoms with van der Waals surface area (Å²) in [6.07, 6.45) is 0. The summed E-state index contributed by atoms with van der Waals surface area (Å²) in [6.45, 7) is 0. The molecule has 0 spiro atoms. The van der Waals surface area contributed by atoms with Crippen LogP contribution in [0, 0.1) is 0 Å². The Hall–Kier alpha value is -1.52. The number of anilines is 2. The highest BCUT2D eigenvalue weighted by atomic mass is 79.9. The van der Waals surface area contributed by atoms with Crippen LogP contribution in [-0.4, -0.2) is 5.91 Å². The second-order valence-electron chi connectivity index (χ2n) is 3.70. The van der Waals surface area contributed by atoms with Crippen molar-refractivity contribution >= 4 is 44.8 Å². The van der Waals surface area contributed by atoms with E-state index in [1.54, 1.807) is 42.5 Å². The molecule has 5 heteroatoms. The van der Waals surface area contributed by atoms with E-state index in [4.69, 9.17) is 17.3 Å². The molecule has 18 heavy (non-hydrogen) atoms. The van der Waals surface area contributed by atoms with Crippen molar-refractivity contribution in [2.24, 2.45) is 0 Å². The number of carbonyl (C=O) groups excluding carboxylic acids is 1. The maximum Gasteiger partial charge on any atom is 0.256 e. The molecule has 92 valence electrons.